The van der Waals surface area contributed by atoms with Crippen LogP contribution in [0.5, 0.6) is 0 Å². The van der Waals surface area contributed by atoms with Gasteiger partial charge in [-0.25, -0.2) is 4.98 Å². The summed E-state index contributed by atoms with van der Waals surface area (Å²) >= 11 is 0. The molecular weight excluding hydrogens is 260 g/mol. The molecule has 0 saturated heterocycles. The molecule has 3 aromatic rings. The molecule has 3 nitrogen and oxygen atoms in total. The van der Waals surface area contributed by atoms with Crippen molar-refractivity contribution in [2.24, 2.45) is 5.92 Å². The first-order valence-corrected chi connectivity index (χ1v) is 7.33. The number of pyridine rings is 1. The summed E-state index contributed by atoms with van der Waals surface area (Å²) in [6, 6.07) is 12.4. The molecule has 0 aliphatic rings. The first-order valence-electron chi connectivity index (χ1n) is 7.33. The molecule has 0 aliphatic heterocycles. The molecule has 0 fully saturated rings. The third-order valence-electron chi connectivity index (χ3n) is 3.60. The number of nitrogens with zero attached hydrogens (tertiary/aromatic N) is 2. The molecule has 0 radical (unpaired) electrons. The van der Waals surface area contributed by atoms with Crippen molar-refractivity contribution in [3.8, 4) is 11.3 Å². The van der Waals surface area contributed by atoms with Crippen molar-refractivity contribution in [2.45, 2.75) is 26.9 Å². The zero-order valence-corrected chi connectivity index (χ0v) is 12.5. The molecule has 0 spiro atoms. The van der Waals surface area contributed by atoms with Gasteiger partial charge in [-0.15, -0.1) is 0 Å². The smallest absolute Gasteiger partial charge is 0.137 e. The molecule has 3 rings (SSSR count). The van der Waals surface area contributed by atoms with Gasteiger partial charge in [-0.05, 0) is 35.6 Å². The maximum absolute atomic E-state index is 9.19. The van der Waals surface area contributed by atoms with E-state index in [4.69, 9.17) is 0 Å². The van der Waals surface area contributed by atoms with E-state index < -0.39 is 0 Å². The van der Waals surface area contributed by atoms with Crippen LogP contribution in [0.2, 0.25) is 0 Å². The van der Waals surface area contributed by atoms with E-state index in [0.29, 0.717) is 5.92 Å². The Morgan fingerprint density at radius 1 is 1.10 bits per heavy atom. The Morgan fingerprint density at radius 3 is 2.52 bits per heavy atom. The number of imidazole rings is 1. The number of hydrogen-bond donors (Lipinski definition) is 1. The van der Waals surface area contributed by atoms with Crippen LogP contribution in [0, 0.1) is 5.92 Å². The summed E-state index contributed by atoms with van der Waals surface area (Å²) in [4.78, 5) is 4.63. The van der Waals surface area contributed by atoms with Crippen LogP contribution >= 0.6 is 0 Å². The molecule has 3 heteroatoms. The van der Waals surface area contributed by atoms with Crippen molar-refractivity contribution < 1.29 is 5.11 Å². The van der Waals surface area contributed by atoms with Crippen LogP contribution in [0.25, 0.3) is 16.9 Å². The topological polar surface area (TPSA) is 37.5 Å². The number of fused-ring (bicyclic) bond motifs is 1. The number of aromatic nitrogens is 2. The molecule has 0 aliphatic carbocycles. The highest BCUT2D eigenvalue weighted by Gasteiger charge is 2.05. The van der Waals surface area contributed by atoms with Crippen LogP contribution in [-0.4, -0.2) is 14.5 Å². The van der Waals surface area contributed by atoms with Crippen LogP contribution < -0.4 is 0 Å². The summed E-state index contributed by atoms with van der Waals surface area (Å²) in [6.45, 7) is 4.51. The molecule has 1 aromatic carbocycles. The van der Waals surface area contributed by atoms with Crippen molar-refractivity contribution in [1.82, 2.24) is 9.38 Å². The first-order chi connectivity index (χ1) is 10.2. The number of aliphatic hydroxyl groups excluding tert-OH is 1. The summed E-state index contributed by atoms with van der Waals surface area (Å²) in [5.41, 5.74) is 5.19. The second-order valence-electron chi connectivity index (χ2n) is 5.88. The van der Waals surface area contributed by atoms with Gasteiger partial charge in [-0.1, -0.05) is 38.1 Å². The van der Waals surface area contributed by atoms with E-state index in [1.165, 1.54) is 5.56 Å². The maximum atomic E-state index is 9.19. The number of benzene rings is 1. The molecule has 2 heterocycles. The normalized spacial score (nSPS) is 11.4. The largest absolute Gasteiger partial charge is 0.392 e. The zero-order chi connectivity index (χ0) is 14.8. The predicted octanol–water partition coefficient (Wildman–Crippen LogP) is 3.69. The average molecular weight is 280 g/mol. The van der Waals surface area contributed by atoms with E-state index >= 15 is 0 Å². The van der Waals surface area contributed by atoms with Crippen LogP contribution in [0.1, 0.15) is 25.0 Å². The highest BCUT2D eigenvalue weighted by Crippen LogP contribution is 2.21. The third kappa shape index (κ3) is 2.98. The SMILES string of the molecule is CC(C)Cc1ccc(-c2cn3ccc(CO)cc3n2)cc1. The predicted molar refractivity (Wildman–Crippen MR) is 85.1 cm³/mol. The van der Waals surface area contributed by atoms with Gasteiger partial charge in [0.25, 0.3) is 0 Å². The van der Waals surface area contributed by atoms with E-state index in [9.17, 15) is 5.11 Å². The standard InChI is InChI=1S/C18H20N2O/c1-13(2)9-14-3-5-16(6-4-14)17-11-20-8-7-15(12-21)10-18(20)19-17/h3-8,10-11,13,21H,9,12H2,1-2H3. The lowest BCUT2D eigenvalue weighted by atomic mass is 10.0. The van der Waals surface area contributed by atoms with Gasteiger partial charge in [-0.2, -0.15) is 0 Å². The Kier molecular flexibility index (Phi) is 3.76. The molecule has 0 saturated carbocycles. The zero-order valence-electron chi connectivity index (χ0n) is 12.5. The van der Waals surface area contributed by atoms with Gasteiger partial charge in [-0.3, -0.25) is 0 Å². The molecule has 108 valence electrons. The Morgan fingerprint density at radius 2 is 1.86 bits per heavy atom. The molecule has 1 N–H and O–H groups in total. The lowest BCUT2D eigenvalue weighted by Crippen LogP contribution is -1.93. The minimum Gasteiger partial charge on any atom is -0.392 e. The van der Waals surface area contributed by atoms with Crippen molar-refractivity contribution in [3.63, 3.8) is 0 Å². The fourth-order valence-corrected chi connectivity index (χ4v) is 2.54. The van der Waals surface area contributed by atoms with Gasteiger partial charge in [0.15, 0.2) is 0 Å². The van der Waals surface area contributed by atoms with Gasteiger partial charge < -0.3 is 9.51 Å². The third-order valence-corrected chi connectivity index (χ3v) is 3.60. The number of hydrogen-bond acceptors (Lipinski definition) is 2. The second-order valence-corrected chi connectivity index (χ2v) is 5.88. The van der Waals surface area contributed by atoms with Crippen molar-refractivity contribution in [2.75, 3.05) is 0 Å². The summed E-state index contributed by atoms with van der Waals surface area (Å²) in [5, 5.41) is 9.19. The highest BCUT2D eigenvalue weighted by atomic mass is 16.3. The molecule has 0 atom stereocenters. The lowest BCUT2D eigenvalue weighted by Gasteiger charge is -2.05. The van der Waals surface area contributed by atoms with E-state index in [2.05, 4.69) is 43.1 Å². The minimum absolute atomic E-state index is 0.0442. The summed E-state index contributed by atoms with van der Waals surface area (Å²) in [5.74, 6) is 0.669. The first kappa shape index (κ1) is 13.8. The van der Waals surface area contributed by atoms with Gasteiger partial charge in [0.2, 0.25) is 0 Å². The Hall–Kier alpha value is -2.13. The monoisotopic (exact) mass is 280 g/mol. The summed E-state index contributed by atoms with van der Waals surface area (Å²) in [6.07, 6.45) is 5.06. The Bertz CT molecular complexity index is 742. The number of rotatable bonds is 4. The van der Waals surface area contributed by atoms with E-state index in [-0.39, 0.29) is 6.61 Å². The quantitative estimate of drug-likeness (QED) is 0.791. The fraction of sp³-hybridized carbons (Fsp3) is 0.278. The van der Waals surface area contributed by atoms with Crippen LogP contribution in [0.3, 0.4) is 0 Å². The molecule has 21 heavy (non-hydrogen) atoms. The lowest BCUT2D eigenvalue weighted by molar-refractivity contribution is 0.282. The molecule has 0 bridgehead atoms. The van der Waals surface area contributed by atoms with Crippen molar-refractivity contribution in [3.05, 3.63) is 59.9 Å². The Balaban J connectivity index is 1.92. The highest BCUT2D eigenvalue weighted by molar-refractivity contribution is 5.63. The molecule has 2 aromatic heterocycles. The van der Waals surface area contributed by atoms with Gasteiger partial charge in [0.1, 0.15) is 5.65 Å². The minimum atomic E-state index is 0.0442. The second kappa shape index (κ2) is 5.70. The number of aliphatic hydroxyl groups is 1. The Labute approximate surface area is 124 Å². The fourth-order valence-electron chi connectivity index (χ4n) is 2.54. The summed E-state index contributed by atoms with van der Waals surface area (Å²) in [7, 11) is 0. The molecular formula is C18H20N2O. The van der Waals surface area contributed by atoms with Crippen molar-refractivity contribution >= 4 is 5.65 Å². The van der Waals surface area contributed by atoms with Crippen LogP contribution in [0.4, 0.5) is 0 Å². The average Bonchev–Trinajstić information content (AvgIpc) is 2.90. The van der Waals surface area contributed by atoms with Crippen LogP contribution in [-0.2, 0) is 13.0 Å². The maximum Gasteiger partial charge on any atom is 0.137 e. The molecule has 0 amide bonds. The van der Waals surface area contributed by atoms with Crippen LogP contribution in [0.15, 0.2) is 48.8 Å². The van der Waals surface area contributed by atoms with E-state index in [0.717, 1.165) is 28.9 Å². The van der Waals surface area contributed by atoms with Gasteiger partial charge in [0, 0.05) is 18.0 Å². The van der Waals surface area contributed by atoms with Gasteiger partial charge in [0.05, 0.1) is 12.3 Å². The van der Waals surface area contributed by atoms with Gasteiger partial charge >= 0.3 is 0 Å². The molecule has 0 unspecified atom stereocenters. The van der Waals surface area contributed by atoms with Crippen molar-refractivity contribution in [1.29, 1.82) is 0 Å². The van der Waals surface area contributed by atoms with E-state index in [1.807, 2.05) is 28.9 Å². The van der Waals surface area contributed by atoms with E-state index in [1.54, 1.807) is 0 Å². The summed E-state index contributed by atoms with van der Waals surface area (Å²) < 4.78 is 1.98.